The van der Waals surface area contributed by atoms with Crippen LogP contribution >= 0.6 is 0 Å². The molecule has 0 bridgehead atoms. The summed E-state index contributed by atoms with van der Waals surface area (Å²) in [6.07, 6.45) is -1.28. The number of rotatable bonds is 2. The first-order valence-electron chi connectivity index (χ1n) is 6.45. The fourth-order valence-electron chi connectivity index (χ4n) is 2.16. The third kappa shape index (κ3) is 2.57. The molecule has 4 nitrogen and oxygen atoms in total. The van der Waals surface area contributed by atoms with Crippen LogP contribution in [0.1, 0.15) is 5.56 Å². The molecule has 0 spiro atoms. The van der Waals surface area contributed by atoms with Crippen LogP contribution in [0.2, 0.25) is 0 Å². The van der Waals surface area contributed by atoms with Crippen molar-refractivity contribution in [2.45, 2.75) is 6.18 Å². The second kappa shape index (κ2) is 5.25. The zero-order valence-electron chi connectivity index (χ0n) is 11.5. The molecule has 22 heavy (non-hydrogen) atoms. The lowest BCUT2D eigenvalue weighted by atomic mass is 10.1. The van der Waals surface area contributed by atoms with Gasteiger partial charge in [-0.05, 0) is 18.2 Å². The Hall–Kier alpha value is -2.70. The Morgan fingerprint density at radius 2 is 1.82 bits per heavy atom. The number of nitrogens with zero attached hydrogens (tertiary/aromatic N) is 4. The summed E-state index contributed by atoms with van der Waals surface area (Å²) >= 11 is 0. The summed E-state index contributed by atoms with van der Waals surface area (Å²) < 4.78 is 40.7. The molecule has 0 amide bonds. The van der Waals surface area contributed by atoms with Gasteiger partial charge >= 0.3 is 6.18 Å². The van der Waals surface area contributed by atoms with Crippen LogP contribution in [-0.2, 0) is 13.2 Å². The van der Waals surface area contributed by atoms with E-state index in [4.69, 9.17) is 0 Å². The van der Waals surface area contributed by atoms with Crippen LogP contribution in [0.15, 0.2) is 48.8 Å². The summed E-state index contributed by atoms with van der Waals surface area (Å²) in [4.78, 5) is 8.20. The zero-order chi connectivity index (χ0) is 15.7. The van der Waals surface area contributed by atoms with Gasteiger partial charge in [0.05, 0.1) is 5.56 Å². The Morgan fingerprint density at radius 1 is 1.05 bits per heavy atom. The third-order valence-electron chi connectivity index (χ3n) is 3.16. The zero-order valence-corrected chi connectivity index (χ0v) is 11.5. The van der Waals surface area contributed by atoms with E-state index >= 15 is 0 Å². The molecule has 0 aliphatic carbocycles. The van der Waals surface area contributed by atoms with Gasteiger partial charge in [0.1, 0.15) is 0 Å². The Morgan fingerprint density at radius 3 is 2.50 bits per heavy atom. The number of halogens is 3. The lowest BCUT2D eigenvalue weighted by Crippen LogP contribution is -2.08. The van der Waals surface area contributed by atoms with Crippen molar-refractivity contribution >= 4 is 0 Å². The maximum atomic E-state index is 13.1. The highest BCUT2D eigenvalue weighted by molar-refractivity contribution is 5.64. The minimum absolute atomic E-state index is 0.000130. The van der Waals surface area contributed by atoms with Gasteiger partial charge in [0.25, 0.3) is 0 Å². The standard InChI is InChI=1S/C15H11F3N4/c1-22-14(11-6-2-3-7-12(11)15(16,17)18)20-13(21-22)10-5-4-8-19-9-10/h2-9H,1H3. The molecule has 2 aromatic heterocycles. The number of aromatic nitrogens is 4. The second-order valence-corrected chi connectivity index (χ2v) is 4.67. The molecular formula is C15H11F3N4. The third-order valence-corrected chi connectivity index (χ3v) is 3.16. The maximum absolute atomic E-state index is 13.1. The van der Waals surface area contributed by atoms with E-state index in [-0.39, 0.29) is 11.4 Å². The Kier molecular flexibility index (Phi) is 3.40. The second-order valence-electron chi connectivity index (χ2n) is 4.67. The quantitative estimate of drug-likeness (QED) is 0.727. The molecule has 1 aromatic carbocycles. The van der Waals surface area contributed by atoms with Gasteiger partial charge < -0.3 is 0 Å². The van der Waals surface area contributed by atoms with Crippen LogP contribution in [0, 0.1) is 0 Å². The Bertz CT molecular complexity index is 794. The van der Waals surface area contributed by atoms with Gasteiger partial charge in [0.2, 0.25) is 0 Å². The van der Waals surface area contributed by atoms with Gasteiger partial charge in [0.15, 0.2) is 11.6 Å². The molecule has 0 radical (unpaired) electrons. The summed E-state index contributed by atoms with van der Waals surface area (Å²) in [5.74, 6) is 0.495. The largest absolute Gasteiger partial charge is 0.417 e. The van der Waals surface area contributed by atoms with E-state index in [9.17, 15) is 13.2 Å². The van der Waals surface area contributed by atoms with Crippen molar-refractivity contribution in [1.82, 2.24) is 19.7 Å². The first kappa shape index (κ1) is 14.2. The summed E-state index contributed by atoms with van der Waals surface area (Å²) in [5.41, 5.74) is -0.0859. The summed E-state index contributed by atoms with van der Waals surface area (Å²) in [6.45, 7) is 0. The number of aryl methyl sites for hydroxylation is 1. The summed E-state index contributed by atoms with van der Waals surface area (Å²) in [7, 11) is 1.56. The van der Waals surface area contributed by atoms with Crippen molar-refractivity contribution in [3.05, 3.63) is 54.4 Å². The van der Waals surface area contributed by atoms with Gasteiger partial charge in [-0.1, -0.05) is 18.2 Å². The molecule has 0 atom stereocenters. The highest BCUT2D eigenvalue weighted by Crippen LogP contribution is 2.36. The SMILES string of the molecule is Cn1nc(-c2cccnc2)nc1-c1ccccc1C(F)(F)F. The van der Waals surface area contributed by atoms with E-state index in [1.54, 1.807) is 37.6 Å². The van der Waals surface area contributed by atoms with Crippen molar-refractivity contribution in [3.63, 3.8) is 0 Å². The van der Waals surface area contributed by atoms with E-state index in [1.165, 1.54) is 16.8 Å². The van der Waals surface area contributed by atoms with E-state index in [0.29, 0.717) is 11.4 Å². The summed E-state index contributed by atoms with van der Waals surface area (Å²) in [6, 6.07) is 8.79. The van der Waals surface area contributed by atoms with Gasteiger partial charge in [-0.2, -0.15) is 18.3 Å². The molecule has 3 aromatic rings. The molecule has 0 aliphatic heterocycles. The molecule has 0 fully saturated rings. The molecule has 0 aliphatic rings. The van der Waals surface area contributed by atoms with Crippen LogP contribution < -0.4 is 0 Å². The highest BCUT2D eigenvalue weighted by atomic mass is 19.4. The normalized spacial score (nSPS) is 11.6. The van der Waals surface area contributed by atoms with Crippen molar-refractivity contribution < 1.29 is 13.2 Å². The molecule has 0 saturated heterocycles. The van der Waals surface area contributed by atoms with Gasteiger partial charge in [-0.3, -0.25) is 4.98 Å². The van der Waals surface area contributed by atoms with Crippen molar-refractivity contribution in [3.8, 4) is 22.8 Å². The van der Waals surface area contributed by atoms with Crippen LogP contribution in [0.3, 0.4) is 0 Å². The van der Waals surface area contributed by atoms with Crippen molar-refractivity contribution in [2.24, 2.45) is 7.05 Å². The molecule has 2 heterocycles. The predicted molar refractivity (Wildman–Crippen MR) is 74.7 cm³/mol. The molecular weight excluding hydrogens is 293 g/mol. The van der Waals surface area contributed by atoms with Crippen LogP contribution in [-0.4, -0.2) is 19.7 Å². The molecule has 0 N–H and O–H groups in total. The number of hydrogen-bond donors (Lipinski definition) is 0. The number of benzene rings is 1. The number of pyridine rings is 1. The molecule has 7 heteroatoms. The first-order chi connectivity index (χ1) is 10.5. The molecule has 112 valence electrons. The Labute approximate surface area is 124 Å². The first-order valence-corrected chi connectivity index (χ1v) is 6.45. The number of alkyl halides is 3. The van der Waals surface area contributed by atoms with Crippen LogP contribution in [0.25, 0.3) is 22.8 Å². The lowest BCUT2D eigenvalue weighted by molar-refractivity contribution is -0.137. The van der Waals surface area contributed by atoms with Crippen molar-refractivity contribution in [1.29, 1.82) is 0 Å². The van der Waals surface area contributed by atoms with Gasteiger partial charge in [-0.15, -0.1) is 0 Å². The van der Waals surface area contributed by atoms with E-state index in [0.717, 1.165) is 6.07 Å². The Balaban J connectivity index is 2.13. The smallest absolute Gasteiger partial charge is 0.264 e. The molecule has 0 unspecified atom stereocenters. The topological polar surface area (TPSA) is 43.6 Å². The average Bonchev–Trinajstić information content (AvgIpc) is 2.89. The van der Waals surface area contributed by atoms with Crippen molar-refractivity contribution in [2.75, 3.05) is 0 Å². The maximum Gasteiger partial charge on any atom is 0.417 e. The lowest BCUT2D eigenvalue weighted by Gasteiger charge is -2.11. The minimum atomic E-state index is -4.45. The fraction of sp³-hybridized carbons (Fsp3) is 0.133. The van der Waals surface area contributed by atoms with E-state index in [2.05, 4.69) is 15.1 Å². The monoisotopic (exact) mass is 304 g/mol. The fourth-order valence-corrected chi connectivity index (χ4v) is 2.16. The highest BCUT2D eigenvalue weighted by Gasteiger charge is 2.34. The van der Waals surface area contributed by atoms with Gasteiger partial charge in [0, 0.05) is 30.6 Å². The minimum Gasteiger partial charge on any atom is -0.264 e. The average molecular weight is 304 g/mol. The molecule has 3 rings (SSSR count). The summed E-state index contributed by atoms with van der Waals surface area (Å²) in [5, 5.41) is 4.18. The predicted octanol–water partition coefficient (Wildman–Crippen LogP) is 3.56. The van der Waals surface area contributed by atoms with Gasteiger partial charge in [-0.25, -0.2) is 9.67 Å². The van der Waals surface area contributed by atoms with Crippen LogP contribution in [0.5, 0.6) is 0 Å². The number of hydrogen-bond acceptors (Lipinski definition) is 3. The van der Waals surface area contributed by atoms with Crippen LogP contribution in [0.4, 0.5) is 13.2 Å². The molecule has 0 saturated carbocycles. The van der Waals surface area contributed by atoms with E-state index in [1.807, 2.05) is 0 Å². The van der Waals surface area contributed by atoms with E-state index < -0.39 is 11.7 Å².